The number of unbranched alkanes of at least 4 members (excludes halogenated alkanes) is 1. The van der Waals surface area contributed by atoms with Crippen molar-refractivity contribution < 1.29 is 4.79 Å². The van der Waals surface area contributed by atoms with Crippen LogP contribution in [0.25, 0.3) is 0 Å². The van der Waals surface area contributed by atoms with Crippen LogP contribution in [0.1, 0.15) is 30.4 Å². The molecule has 21 heavy (non-hydrogen) atoms. The van der Waals surface area contributed by atoms with E-state index in [1.807, 2.05) is 24.3 Å². The Morgan fingerprint density at radius 3 is 1.95 bits per heavy atom. The van der Waals surface area contributed by atoms with Crippen LogP contribution in [-0.4, -0.2) is 6.29 Å². The van der Waals surface area contributed by atoms with E-state index >= 15 is 0 Å². The summed E-state index contributed by atoms with van der Waals surface area (Å²) in [5.74, 6) is 0. The zero-order chi connectivity index (χ0) is 14.8. The summed E-state index contributed by atoms with van der Waals surface area (Å²) in [6, 6.07) is 20.8. The van der Waals surface area contributed by atoms with E-state index in [-0.39, 0.29) is 0 Å². The van der Waals surface area contributed by atoms with E-state index in [2.05, 4.69) is 42.5 Å². The second-order valence-corrected chi connectivity index (χ2v) is 5.26. The van der Waals surface area contributed by atoms with Crippen molar-refractivity contribution >= 4 is 6.29 Å². The lowest BCUT2D eigenvalue weighted by molar-refractivity contribution is -0.105. The van der Waals surface area contributed by atoms with Gasteiger partial charge in [0.1, 0.15) is 6.29 Å². The van der Waals surface area contributed by atoms with Crippen molar-refractivity contribution in [3.05, 3.63) is 83.4 Å². The van der Waals surface area contributed by atoms with Crippen LogP contribution in [0.15, 0.2) is 72.3 Å². The van der Waals surface area contributed by atoms with Crippen molar-refractivity contribution in [1.29, 1.82) is 0 Å². The summed E-state index contributed by atoms with van der Waals surface area (Å²) >= 11 is 0. The normalized spacial score (nSPS) is 11.3. The van der Waals surface area contributed by atoms with Gasteiger partial charge in [-0.2, -0.15) is 0 Å². The molecule has 0 aliphatic carbocycles. The number of aldehydes is 1. The minimum atomic E-state index is 0.832. The summed E-state index contributed by atoms with van der Waals surface area (Å²) in [5, 5.41) is 0. The van der Waals surface area contributed by atoms with Gasteiger partial charge in [-0.3, -0.25) is 4.79 Å². The van der Waals surface area contributed by atoms with Crippen molar-refractivity contribution in [3.63, 3.8) is 0 Å². The summed E-state index contributed by atoms with van der Waals surface area (Å²) in [6.07, 6.45) is 8.00. The molecule has 2 aromatic rings. The summed E-state index contributed by atoms with van der Waals surface area (Å²) in [5.41, 5.74) is 3.57. The van der Waals surface area contributed by atoms with Crippen LogP contribution in [0.2, 0.25) is 0 Å². The highest BCUT2D eigenvalue weighted by atomic mass is 16.1. The highest BCUT2D eigenvalue weighted by molar-refractivity contribution is 5.73. The van der Waals surface area contributed by atoms with Gasteiger partial charge in [0.05, 0.1) is 0 Å². The number of carbonyl (C=O) groups is 1. The van der Waals surface area contributed by atoms with Gasteiger partial charge in [0.15, 0.2) is 0 Å². The van der Waals surface area contributed by atoms with Crippen LogP contribution in [-0.2, 0) is 17.6 Å². The molecule has 0 fully saturated rings. The molecule has 0 N–H and O–H groups in total. The quantitative estimate of drug-likeness (QED) is 0.386. The third-order valence-corrected chi connectivity index (χ3v) is 3.62. The molecule has 2 rings (SSSR count). The van der Waals surface area contributed by atoms with E-state index in [0.29, 0.717) is 0 Å². The molecule has 0 saturated carbocycles. The number of aryl methyl sites for hydroxylation is 2. The Hall–Kier alpha value is -2.15. The first-order chi connectivity index (χ1) is 10.4. The summed E-state index contributed by atoms with van der Waals surface area (Å²) in [7, 11) is 0. The minimum absolute atomic E-state index is 0.832. The Morgan fingerprint density at radius 2 is 1.38 bits per heavy atom. The number of allylic oxidation sites excluding steroid dienone is 2. The predicted molar refractivity (Wildman–Crippen MR) is 88.3 cm³/mol. The van der Waals surface area contributed by atoms with Gasteiger partial charge in [0, 0.05) is 0 Å². The molecule has 108 valence electrons. The van der Waals surface area contributed by atoms with Gasteiger partial charge in [-0.25, -0.2) is 0 Å². The van der Waals surface area contributed by atoms with Crippen LogP contribution in [0.5, 0.6) is 0 Å². The van der Waals surface area contributed by atoms with E-state index in [1.54, 1.807) is 0 Å². The topological polar surface area (TPSA) is 17.1 Å². The monoisotopic (exact) mass is 278 g/mol. The SMILES string of the molecule is O=C/C(=C\CCCc1ccccc1)CCc1ccccc1. The van der Waals surface area contributed by atoms with Gasteiger partial charge in [-0.15, -0.1) is 0 Å². The molecule has 0 saturated heterocycles. The molecule has 0 heterocycles. The first-order valence-electron chi connectivity index (χ1n) is 7.60. The zero-order valence-corrected chi connectivity index (χ0v) is 12.4. The van der Waals surface area contributed by atoms with E-state index < -0.39 is 0 Å². The van der Waals surface area contributed by atoms with Gasteiger partial charge in [-0.05, 0) is 48.8 Å². The average molecular weight is 278 g/mol. The Balaban J connectivity index is 1.74. The molecular formula is C20H22O. The molecule has 2 aromatic carbocycles. The van der Waals surface area contributed by atoms with E-state index in [9.17, 15) is 4.79 Å². The van der Waals surface area contributed by atoms with Gasteiger partial charge < -0.3 is 0 Å². The predicted octanol–water partition coefficient (Wildman–Crippen LogP) is 4.77. The number of benzene rings is 2. The maximum atomic E-state index is 11.1. The molecule has 1 nitrogen and oxygen atoms in total. The standard InChI is InChI=1S/C20H22O/c21-17-20(16-15-19-11-5-2-6-12-19)14-8-7-13-18-9-3-1-4-10-18/h1-6,9-12,14,17H,7-8,13,15-16H2/b20-14-. The lowest BCUT2D eigenvalue weighted by atomic mass is 10.0. The average Bonchev–Trinajstić information content (AvgIpc) is 2.56. The Kier molecular flexibility index (Phi) is 6.47. The molecule has 1 heteroatoms. The molecule has 0 spiro atoms. The fourth-order valence-electron chi connectivity index (χ4n) is 2.38. The maximum absolute atomic E-state index is 11.1. The largest absolute Gasteiger partial charge is 0.298 e. The number of hydrogen-bond donors (Lipinski definition) is 0. The Bertz CT molecular complexity index is 555. The molecule has 0 aliphatic heterocycles. The van der Waals surface area contributed by atoms with Crippen LogP contribution >= 0.6 is 0 Å². The lowest BCUT2D eigenvalue weighted by Gasteiger charge is -2.02. The molecule has 0 radical (unpaired) electrons. The number of rotatable bonds is 8. The second kappa shape index (κ2) is 8.91. The van der Waals surface area contributed by atoms with Gasteiger partial charge in [-0.1, -0.05) is 66.7 Å². The lowest BCUT2D eigenvalue weighted by Crippen LogP contribution is -1.91. The smallest absolute Gasteiger partial charge is 0.145 e. The maximum Gasteiger partial charge on any atom is 0.145 e. The summed E-state index contributed by atoms with van der Waals surface area (Å²) < 4.78 is 0. The van der Waals surface area contributed by atoms with E-state index in [0.717, 1.165) is 44.0 Å². The highest BCUT2D eigenvalue weighted by Crippen LogP contribution is 2.10. The fraction of sp³-hybridized carbons (Fsp3) is 0.250. The van der Waals surface area contributed by atoms with Gasteiger partial charge >= 0.3 is 0 Å². The van der Waals surface area contributed by atoms with Crippen LogP contribution in [0.4, 0.5) is 0 Å². The van der Waals surface area contributed by atoms with Crippen molar-refractivity contribution in [3.8, 4) is 0 Å². The van der Waals surface area contributed by atoms with Crippen molar-refractivity contribution in [1.82, 2.24) is 0 Å². The molecule has 0 atom stereocenters. The first-order valence-corrected chi connectivity index (χ1v) is 7.60. The van der Waals surface area contributed by atoms with Crippen LogP contribution in [0, 0.1) is 0 Å². The zero-order valence-electron chi connectivity index (χ0n) is 12.4. The van der Waals surface area contributed by atoms with Crippen molar-refractivity contribution in [2.24, 2.45) is 0 Å². The number of carbonyl (C=O) groups excluding carboxylic acids is 1. The molecular weight excluding hydrogens is 256 g/mol. The third kappa shape index (κ3) is 5.78. The van der Waals surface area contributed by atoms with Crippen molar-refractivity contribution in [2.75, 3.05) is 0 Å². The summed E-state index contributed by atoms with van der Waals surface area (Å²) in [4.78, 5) is 11.1. The number of hydrogen-bond acceptors (Lipinski definition) is 1. The van der Waals surface area contributed by atoms with E-state index in [4.69, 9.17) is 0 Å². The van der Waals surface area contributed by atoms with Crippen LogP contribution < -0.4 is 0 Å². The minimum Gasteiger partial charge on any atom is -0.298 e. The first kappa shape index (κ1) is 15.2. The van der Waals surface area contributed by atoms with Gasteiger partial charge in [0.25, 0.3) is 0 Å². The van der Waals surface area contributed by atoms with Gasteiger partial charge in [0.2, 0.25) is 0 Å². The molecule has 0 aromatic heterocycles. The fourth-order valence-corrected chi connectivity index (χ4v) is 2.38. The second-order valence-electron chi connectivity index (χ2n) is 5.26. The van der Waals surface area contributed by atoms with Crippen molar-refractivity contribution in [2.45, 2.75) is 32.1 Å². The Morgan fingerprint density at radius 1 is 0.810 bits per heavy atom. The Labute approximate surface area is 127 Å². The van der Waals surface area contributed by atoms with Crippen LogP contribution in [0.3, 0.4) is 0 Å². The molecule has 0 amide bonds. The molecule has 0 aliphatic rings. The third-order valence-electron chi connectivity index (χ3n) is 3.62. The molecule has 0 unspecified atom stereocenters. The summed E-state index contributed by atoms with van der Waals surface area (Å²) in [6.45, 7) is 0. The molecule has 0 bridgehead atoms. The van der Waals surface area contributed by atoms with E-state index in [1.165, 1.54) is 11.1 Å². The highest BCUT2D eigenvalue weighted by Gasteiger charge is 1.98.